The first-order valence-corrected chi connectivity index (χ1v) is 8.34. The van der Waals surface area contributed by atoms with Crippen LogP contribution in [0.15, 0.2) is 16.9 Å². The molecule has 5 heteroatoms. The molecule has 1 saturated heterocycles. The summed E-state index contributed by atoms with van der Waals surface area (Å²) in [6.07, 6.45) is 2.40. The third-order valence-corrected chi connectivity index (χ3v) is 4.92. The molecule has 3 rings (SSSR count). The van der Waals surface area contributed by atoms with Crippen molar-refractivity contribution in [2.45, 2.75) is 46.7 Å². The molecule has 0 amide bonds. The molecule has 1 aromatic carbocycles. The number of piperidine rings is 1. The van der Waals surface area contributed by atoms with Gasteiger partial charge >= 0.3 is 5.69 Å². The predicted molar refractivity (Wildman–Crippen MR) is 92.6 cm³/mol. The fourth-order valence-electron chi connectivity index (χ4n) is 3.50. The summed E-state index contributed by atoms with van der Waals surface area (Å²) in [6, 6.07) is 4.08. The first-order chi connectivity index (χ1) is 10.6. The molecular formula is C17H26N4O. The molecule has 22 heavy (non-hydrogen) atoms. The molecule has 2 heterocycles. The lowest BCUT2D eigenvalue weighted by atomic mass is 9.98. The molecule has 1 aromatic heterocycles. The maximum atomic E-state index is 12.5. The summed E-state index contributed by atoms with van der Waals surface area (Å²) in [4.78, 5) is 14.8. The lowest BCUT2D eigenvalue weighted by molar-refractivity contribution is 0.439. The van der Waals surface area contributed by atoms with E-state index in [-0.39, 0.29) is 5.69 Å². The van der Waals surface area contributed by atoms with Gasteiger partial charge in [0.1, 0.15) is 0 Å². The Kier molecular flexibility index (Phi) is 3.89. The Bertz CT molecular complexity index is 735. The van der Waals surface area contributed by atoms with Crippen molar-refractivity contribution in [3.8, 4) is 0 Å². The van der Waals surface area contributed by atoms with E-state index in [1.807, 2.05) is 24.5 Å². The van der Waals surface area contributed by atoms with Gasteiger partial charge in [0, 0.05) is 26.2 Å². The largest absolute Gasteiger partial charge is 0.397 e. The molecule has 120 valence electrons. The van der Waals surface area contributed by atoms with E-state index in [2.05, 4.69) is 17.9 Å². The zero-order valence-corrected chi connectivity index (χ0v) is 13.8. The summed E-state index contributed by atoms with van der Waals surface area (Å²) in [6.45, 7) is 9.75. The van der Waals surface area contributed by atoms with Crippen LogP contribution in [0, 0.1) is 5.92 Å². The number of hydrogen-bond donors (Lipinski definition) is 1. The van der Waals surface area contributed by atoms with Gasteiger partial charge in [0.2, 0.25) is 0 Å². The van der Waals surface area contributed by atoms with Crippen LogP contribution in [0.25, 0.3) is 11.0 Å². The van der Waals surface area contributed by atoms with Gasteiger partial charge in [-0.15, -0.1) is 0 Å². The van der Waals surface area contributed by atoms with Crippen molar-refractivity contribution in [1.29, 1.82) is 0 Å². The van der Waals surface area contributed by atoms with Gasteiger partial charge in [-0.05, 0) is 44.7 Å². The molecule has 0 radical (unpaired) electrons. The quantitative estimate of drug-likeness (QED) is 0.887. The average molecular weight is 302 g/mol. The molecule has 1 aliphatic rings. The van der Waals surface area contributed by atoms with E-state index in [0.29, 0.717) is 13.1 Å². The first kappa shape index (κ1) is 15.0. The summed E-state index contributed by atoms with van der Waals surface area (Å²) < 4.78 is 3.64. The van der Waals surface area contributed by atoms with Crippen LogP contribution in [-0.4, -0.2) is 22.2 Å². The maximum Gasteiger partial charge on any atom is 0.329 e. The number of aryl methyl sites for hydroxylation is 2. The molecule has 0 unspecified atom stereocenters. The van der Waals surface area contributed by atoms with Crippen LogP contribution >= 0.6 is 0 Å². The lowest BCUT2D eigenvalue weighted by Gasteiger charge is -2.33. The number of nitrogen functional groups attached to an aromatic ring is 1. The van der Waals surface area contributed by atoms with E-state index in [0.717, 1.165) is 41.4 Å². The summed E-state index contributed by atoms with van der Waals surface area (Å²) in [7, 11) is 0. The minimum Gasteiger partial charge on any atom is -0.397 e. The third-order valence-electron chi connectivity index (χ3n) is 4.92. The fraction of sp³-hybridized carbons (Fsp3) is 0.588. The topological polar surface area (TPSA) is 56.2 Å². The molecule has 2 N–H and O–H groups in total. The van der Waals surface area contributed by atoms with Crippen LogP contribution in [0.3, 0.4) is 0 Å². The SMILES string of the molecule is CCn1c(=O)n(CC)c2cc(N3CCC(C)CC3)c(N)cc21. The number of rotatable bonds is 3. The highest BCUT2D eigenvalue weighted by molar-refractivity contribution is 5.88. The van der Waals surface area contributed by atoms with Crippen LogP contribution in [-0.2, 0) is 13.1 Å². The molecule has 2 aromatic rings. The Labute approximate surface area is 131 Å². The van der Waals surface area contributed by atoms with E-state index < -0.39 is 0 Å². The van der Waals surface area contributed by atoms with Crippen molar-refractivity contribution in [3.05, 3.63) is 22.6 Å². The van der Waals surface area contributed by atoms with Crippen molar-refractivity contribution in [2.24, 2.45) is 5.92 Å². The van der Waals surface area contributed by atoms with Crippen LogP contribution in [0.5, 0.6) is 0 Å². The second kappa shape index (κ2) is 5.71. The molecule has 0 bridgehead atoms. The number of hydrogen-bond acceptors (Lipinski definition) is 3. The van der Waals surface area contributed by atoms with Gasteiger partial charge < -0.3 is 10.6 Å². The fourth-order valence-corrected chi connectivity index (χ4v) is 3.50. The van der Waals surface area contributed by atoms with Crippen molar-refractivity contribution in [3.63, 3.8) is 0 Å². The Balaban J connectivity index is 2.13. The Morgan fingerprint density at radius 1 is 1.09 bits per heavy atom. The van der Waals surface area contributed by atoms with E-state index in [4.69, 9.17) is 5.73 Å². The van der Waals surface area contributed by atoms with Crippen molar-refractivity contribution in [2.75, 3.05) is 23.7 Å². The van der Waals surface area contributed by atoms with Crippen LogP contribution < -0.4 is 16.3 Å². The van der Waals surface area contributed by atoms with E-state index in [1.165, 1.54) is 12.8 Å². The monoisotopic (exact) mass is 302 g/mol. The van der Waals surface area contributed by atoms with Crippen LogP contribution in [0.4, 0.5) is 11.4 Å². The zero-order chi connectivity index (χ0) is 15.9. The van der Waals surface area contributed by atoms with Gasteiger partial charge in [-0.3, -0.25) is 9.13 Å². The van der Waals surface area contributed by atoms with E-state index in [1.54, 1.807) is 4.57 Å². The Hall–Kier alpha value is -1.91. The predicted octanol–water partition coefficient (Wildman–Crippen LogP) is 2.66. The molecule has 0 spiro atoms. The number of imidazole rings is 1. The minimum atomic E-state index is 0.0591. The standard InChI is InChI=1S/C17H26N4O/c1-4-20-15-10-13(18)14(19-8-6-12(3)7-9-19)11-16(15)21(5-2)17(20)22/h10-12H,4-9,18H2,1-3H3. The summed E-state index contributed by atoms with van der Waals surface area (Å²) in [5, 5.41) is 0. The highest BCUT2D eigenvalue weighted by Gasteiger charge is 2.20. The van der Waals surface area contributed by atoms with Crippen molar-refractivity contribution < 1.29 is 0 Å². The van der Waals surface area contributed by atoms with Gasteiger partial charge in [0.05, 0.1) is 22.4 Å². The Morgan fingerprint density at radius 3 is 2.18 bits per heavy atom. The van der Waals surface area contributed by atoms with E-state index >= 15 is 0 Å². The number of fused-ring (bicyclic) bond motifs is 1. The van der Waals surface area contributed by atoms with Crippen LogP contribution in [0.2, 0.25) is 0 Å². The summed E-state index contributed by atoms with van der Waals surface area (Å²) in [5.41, 5.74) is 10.2. The Morgan fingerprint density at radius 2 is 1.64 bits per heavy atom. The number of aromatic nitrogens is 2. The third kappa shape index (κ3) is 2.28. The van der Waals surface area contributed by atoms with Gasteiger partial charge in [0.25, 0.3) is 0 Å². The van der Waals surface area contributed by atoms with Gasteiger partial charge in [-0.25, -0.2) is 4.79 Å². The zero-order valence-electron chi connectivity index (χ0n) is 13.8. The lowest BCUT2D eigenvalue weighted by Crippen LogP contribution is -2.33. The summed E-state index contributed by atoms with van der Waals surface area (Å²) in [5.74, 6) is 0.788. The number of nitrogens with zero attached hydrogens (tertiary/aromatic N) is 3. The first-order valence-electron chi connectivity index (χ1n) is 8.34. The molecule has 0 aliphatic carbocycles. The maximum absolute atomic E-state index is 12.5. The van der Waals surface area contributed by atoms with Crippen molar-refractivity contribution >= 4 is 22.4 Å². The van der Waals surface area contributed by atoms with Crippen LogP contribution in [0.1, 0.15) is 33.6 Å². The highest BCUT2D eigenvalue weighted by atomic mass is 16.1. The highest BCUT2D eigenvalue weighted by Crippen LogP contribution is 2.32. The average Bonchev–Trinajstić information content (AvgIpc) is 2.77. The molecule has 5 nitrogen and oxygen atoms in total. The second-order valence-corrected chi connectivity index (χ2v) is 6.34. The van der Waals surface area contributed by atoms with E-state index in [9.17, 15) is 4.79 Å². The van der Waals surface area contributed by atoms with Gasteiger partial charge in [-0.1, -0.05) is 6.92 Å². The molecule has 0 atom stereocenters. The molecule has 1 fully saturated rings. The minimum absolute atomic E-state index is 0.0591. The molecular weight excluding hydrogens is 276 g/mol. The van der Waals surface area contributed by atoms with Crippen molar-refractivity contribution in [1.82, 2.24) is 9.13 Å². The summed E-state index contributed by atoms with van der Waals surface area (Å²) >= 11 is 0. The van der Waals surface area contributed by atoms with Gasteiger partial charge in [0.15, 0.2) is 0 Å². The second-order valence-electron chi connectivity index (χ2n) is 6.34. The molecule has 0 saturated carbocycles. The number of benzene rings is 1. The number of nitrogens with two attached hydrogens (primary N) is 1. The normalized spacial score (nSPS) is 16.6. The van der Waals surface area contributed by atoms with Gasteiger partial charge in [-0.2, -0.15) is 0 Å². The molecule has 1 aliphatic heterocycles. The number of anilines is 2. The smallest absolute Gasteiger partial charge is 0.329 e.